The zero-order valence-corrected chi connectivity index (χ0v) is 22.7. The first-order chi connectivity index (χ1) is 18.6. The van der Waals surface area contributed by atoms with Gasteiger partial charge in [-0.05, 0) is 73.7 Å². The van der Waals surface area contributed by atoms with E-state index in [-0.39, 0.29) is 5.41 Å². The molecule has 7 rings (SSSR count). The first-order valence-corrected chi connectivity index (χ1v) is 14.2. The molecule has 2 aliphatic rings. The number of para-hydroxylation sites is 3. The van der Waals surface area contributed by atoms with Crippen molar-refractivity contribution < 1.29 is 0 Å². The highest BCUT2D eigenvalue weighted by Gasteiger charge is 2.42. The number of hydrogen-bond acceptors (Lipinski definition) is 2. The molecule has 0 amide bonds. The summed E-state index contributed by atoms with van der Waals surface area (Å²) in [6, 6.07) is 28.9. The summed E-state index contributed by atoms with van der Waals surface area (Å²) in [4.78, 5) is 5.33. The summed E-state index contributed by atoms with van der Waals surface area (Å²) in [5.74, 6) is 0.748. The molecule has 0 aliphatic carbocycles. The van der Waals surface area contributed by atoms with E-state index in [1.807, 2.05) is 0 Å². The van der Waals surface area contributed by atoms with Gasteiger partial charge in [0, 0.05) is 79.0 Å². The Hall–Kier alpha value is -3.50. The van der Waals surface area contributed by atoms with Crippen molar-refractivity contribution in [3.8, 4) is 0 Å². The van der Waals surface area contributed by atoms with Crippen molar-refractivity contribution in [1.29, 1.82) is 0 Å². The average Bonchev–Trinajstić information content (AvgIpc) is 3.67. The molecule has 2 aliphatic heterocycles. The van der Waals surface area contributed by atoms with Crippen LogP contribution in [0, 0.1) is 5.92 Å². The van der Waals surface area contributed by atoms with Crippen LogP contribution in [0.1, 0.15) is 30.4 Å². The van der Waals surface area contributed by atoms with Crippen LogP contribution in [-0.2, 0) is 19.5 Å². The Morgan fingerprint density at radius 1 is 0.684 bits per heavy atom. The average molecular weight is 503 g/mol. The van der Waals surface area contributed by atoms with Crippen LogP contribution >= 0.6 is 0 Å². The first-order valence-electron chi connectivity index (χ1n) is 14.2. The van der Waals surface area contributed by atoms with Crippen molar-refractivity contribution in [2.24, 2.45) is 20.0 Å². The fraction of sp³-hybridized carbons (Fsp3) is 0.353. The van der Waals surface area contributed by atoms with Crippen LogP contribution in [0.4, 0.5) is 5.69 Å². The number of nitrogens with zero attached hydrogens (tertiary/aromatic N) is 4. The smallest absolute Gasteiger partial charge is 0.0480 e. The quantitative estimate of drug-likeness (QED) is 0.270. The highest BCUT2D eigenvalue weighted by atomic mass is 15.2. The zero-order valence-electron chi connectivity index (χ0n) is 22.7. The van der Waals surface area contributed by atoms with Gasteiger partial charge < -0.3 is 18.9 Å². The van der Waals surface area contributed by atoms with E-state index in [1.165, 1.54) is 64.7 Å². The van der Waals surface area contributed by atoms with Crippen LogP contribution in [0.5, 0.6) is 0 Å². The van der Waals surface area contributed by atoms with Gasteiger partial charge in [-0.1, -0.05) is 54.6 Å². The minimum absolute atomic E-state index is 0.0178. The van der Waals surface area contributed by atoms with E-state index < -0.39 is 0 Å². The Kier molecular flexibility index (Phi) is 5.81. The molecule has 38 heavy (non-hydrogen) atoms. The second-order valence-electron chi connectivity index (χ2n) is 11.7. The number of anilines is 1. The van der Waals surface area contributed by atoms with Crippen LogP contribution in [-0.4, -0.2) is 46.8 Å². The highest BCUT2D eigenvalue weighted by Crippen LogP contribution is 2.48. The number of aryl methyl sites for hydroxylation is 2. The van der Waals surface area contributed by atoms with E-state index in [0.717, 1.165) is 31.8 Å². The predicted molar refractivity (Wildman–Crippen MR) is 159 cm³/mol. The van der Waals surface area contributed by atoms with Gasteiger partial charge in [0.05, 0.1) is 0 Å². The maximum atomic E-state index is 2.76. The van der Waals surface area contributed by atoms with Gasteiger partial charge in [0.1, 0.15) is 0 Å². The number of hydrogen-bond donors (Lipinski definition) is 0. The molecule has 4 heterocycles. The maximum Gasteiger partial charge on any atom is 0.0480 e. The molecular formula is C34H38N4. The van der Waals surface area contributed by atoms with Crippen molar-refractivity contribution in [2.75, 3.05) is 37.6 Å². The van der Waals surface area contributed by atoms with Crippen molar-refractivity contribution >= 4 is 27.5 Å². The van der Waals surface area contributed by atoms with Gasteiger partial charge in [-0.15, -0.1) is 0 Å². The molecule has 1 atom stereocenters. The molecule has 2 aromatic heterocycles. The van der Waals surface area contributed by atoms with Gasteiger partial charge in [-0.25, -0.2) is 0 Å². The lowest BCUT2D eigenvalue weighted by Gasteiger charge is -2.43. The largest absolute Gasteiger partial charge is 0.371 e. The number of piperidine rings is 1. The molecule has 1 unspecified atom stereocenters. The van der Waals surface area contributed by atoms with E-state index in [1.54, 1.807) is 0 Å². The normalized spacial score (nSPS) is 20.1. The molecule has 2 fully saturated rings. The summed E-state index contributed by atoms with van der Waals surface area (Å²) in [5.41, 5.74) is 7.06. The summed E-state index contributed by atoms with van der Waals surface area (Å²) >= 11 is 0. The molecule has 2 saturated heterocycles. The van der Waals surface area contributed by atoms with E-state index >= 15 is 0 Å². The van der Waals surface area contributed by atoms with Gasteiger partial charge in [0.2, 0.25) is 0 Å². The van der Waals surface area contributed by atoms with E-state index in [9.17, 15) is 0 Å². The summed E-state index contributed by atoms with van der Waals surface area (Å²) < 4.78 is 4.67. The summed E-state index contributed by atoms with van der Waals surface area (Å²) in [5, 5.41) is 2.82. The maximum absolute atomic E-state index is 2.76. The third kappa shape index (κ3) is 3.85. The van der Waals surface area contributed by atoms with Crippen LogP contribution in [0.3, 0.4) is 0 Å². The van der Waals surface area contributed by atoms with E-state index in [0.29, 0.717) is 0 Å². The molecule has 0 spiro atoms. The zero-order chi connectivity index (χ0) is 25.7. The molecule has 4 nitrogen and oxygen atoms in total. The second-order valence-corrected chi connectivity index (χ2v) is 11.7. The molecule has 0 N–H and O–H groups in total. The lowest BCUT2D eigenvalue weighted by atomic mass is 9.67. The lowest BCUT2D eigenvalue weighted by Crippen LogP contribution is -2.45. The molecule has 4 heteroatoms. The fourth-order valence-electron chi connectivity index (χ4n) is 7.47. The van der Waals surface area contributed by atoms with Crippen molar-refractivity contribution in [2.45, 2.75) is 24.7 Å². The minimum Gasteiger partial charge on any atom is -0.371 e. The van der Waals surface area contributed by atoms with Crippen LogP contribution in [0.2, 0.25) is 0 Å². The summed E-state index contributed by atoms with van der Waals surface area (Å²) in [7, 11) is 4.41. The van der Waals surface area contributed by atoms with Gasteiger partial charge in [0.15, 0.2) is 0 Å². The molecule has 5 aromatic rings. The SMILES string of the molecule is Cn1cc(C2(c3cn(C)c4ccccc34)CCN(CC3CCN(c4ccccc4)C3)CC2)c2ccccc21. The van der Waals surface area contributed by atoms with Crippen molar-refractivity contribution in [3.63, 3.8) is 0 Å². The highest BCUT2D eigenvalue weighted by molar-refractivity contribution is 5.90. The Balaban J connectivity index is 1.20. The van der Waals surface area contributed by atoms with Gasteiger partial charge in [0.25, 0.3) is 0 Å². The van der Waals surface area contributed by atoms with E-state index in [4.69, 9.17) is 0 Å². The van der Waals surface area contributed by atoms with E-state index in [2.05, 4.69) is 124 Å². The van der Waals surface area contributed by atoms with Gasteiger partial charge in [-0.3, -0.25) is 0 Å². The Morgan fingerprint density at radius 3 is 1.84 bits per heavy atom. The third-order valence-electron chi connectivity index (χ3n) is 9.46. The molecule has 194 valence electrons. The second kappa shape index (κ2) is 9.36. The fourth-order valence-corrected chi connectivity index (χ4v) is 7.47. The molecule has 0 radical (unpaired) electrons. The number of rotatable bonds is 5. The number of fused-ring (bicyclic) bond motifs is 2. The monoisotopic (exact) mass is 502 g/mol. The third-order valence-corrected chi connectivity index (χ3v) is 9.46. The van der Waals surface area contributed by atoms with Crippen LogP contribution in [0.25, 0.3) is 21.8 Å². The summed E-state index contributed by atoms with van der Waals surface area (Å²) in [6.07, 6.45) is 8.46. The first kappa shape index (κ1) is 23.6. The van der Waals surface area contributed by atoms with Gasteiger partial charge >= 0.3 is 0 Å². The number of likely N-dealkylation sites (tertiary alicyclic amines) is 1. The number of benzene rings is 3. The minimum atomic E-state index is 0.0178. The van der Waals surface area contributed by atoms with Crippen LogP contribution < -0.4 is 4.90 Å². The van der Waals surface area contributed by atoms with Crippen LogP contribution in [0.15, 0.2) is 91.3 Å². The Labute approximate surface area is 226 Å². The standard InChI is InChI=1S/C34H38N4/c1-35-24-30(28-12-6-8-14-32(28)35)34(31-25-36(2)33-15-9-7-13-29(31)33)17-20-37(21-18-34)22-26-16-19-38(23-26)27-10-4-3-5-11-27/h3-15,24-26H,16-23H2,1-2H3. The molecule has 0 bridgehead atoms. The molecule has 3 aromatic carbocycles. The lowest BCUT2D eigenvalue weighted by molar-refractivity contribution is 0.161. The van der Waals surface area contributed by atoms with Crippen molar-refractivity contribution in [1.82, 2.24) is 14.0 Å². The molecular weight excluding hydrogens is 464 g/mol. The summed E-state index contributed by atoms with van der Waals surface area (Å²) in [6.45, 7) is 5.86. The predicted octanol–water partition coefficient (Wildman–Crippen LogP) is 6.58. The topological polar surface area (TPSA) is 16.3 Å². The Bertz CT molecular complexity index is 1490. The van der Waals surface area contributed by atoms with Gasteiger partial charge in [-0.2, -0.15) is 0 Å². The Morgan fingerprint density at radius 2 is 1.24 bits per heavy atom. The number of aromatic nitrogens is 2. The van der Waals surface area contributed by atoms with Crippen molar-refractivity contribution in [3.05, 3.63) is 102 Å². The molecule has 0 saturated carbocycles.